The molecule has 1 aliphatic rings. The third-order valence-electron chi connectivity index (χ3n) is 4.74. The zero-order valence-electron chi connectivity index (χ0n) is 17.2. The van der Waals surface area contributed by atoms with Gasteiger partial charge in [0.1, 0.15) is 5.82 Å². The van der Waals surface area contributed by atoms with Crippen LogP contribution in [-0.4, -0.2) is 56.1 Å². The fraction of sp³-hybridized carbons (Fsp3) is 0.429. The van der Waals surface area contributed by atoms with Crippen molar-refractivity contribution >= 4 is 47.4 Å². The molecule has 158 valence electrons. The van der Waals surface area contributed by atoms with Gasteiger partial charge in [-0.15, -0.1) is 24.0 Å². The molecule has 8 heteroatoms. The van der Waals surface area contributed by atoms with E-state index in [1.807, 2.05) is 12.1 Å². The topological polar surface area (TPSA) is 55.8 Å². The molecule has 0 aliphatic carbocycles. The molecular weight excluding hydrogens is 499 g/mol. The van der Waals surface area contributed by atoms with Gasteiger partial charge in [0.2, 0.25) is 0 Å². The molecule has 0 spiro atoms. The zero-order chi connectivity index (χ0) is 19.9. The number of nitrogens with zero attached hydrogens (tertiary/aromatic N) is 4. The predicted octanol–water partition coefficient (Wildman–Crippen LogP) is 3.36. The van der Waals surface area contributed by atoms with Gasteiger partial charge in [-0.1, -0.05) is 35.9 Å². The van der Waals surface area contributed by atoms with Crippen molar-refractivity contribution in [1.29, 1.82) is 0 Å². The Morgan fingerprint density at radius 2 is 2.07 bits per heavy atom. The highest BCUT2D eigenvalue weighted by Crippen LogP contribution is 2.25. The first-order valence-corrected chi connectivity index (χ1v) is 9.98. The Morgan fingerprint density at radius 3 is 2.79 bits per heavy atom. The quantitative estimate of drug-likeness (QED) is 0.342. The molecule has 0 bridgehead atoms. The lowest BCUT2D eigenvalue weighted by Gasteiger charge is -2.20. The maximum absolute atomic E-state index is 6.28. The Kier molecular flexibility index (Phi) is 9.45. The number of hydrogen-bond donors (Lipinski definition) is 2. The van der Waals surface area contributed by atoms with Gasteiger partial charge < -0.3 is 20.4 Å². The van der Waals surface area contributed by atoms with Crippen LogP contribution in [0.3, 0.4) is 0 Å². The van der Waals surface area contributed by atoms with Crippen molar-refractivity contribution in [3.63, 3.8) is 0 Å². The van der Waals surface area contributed by atoms with Gasteiger partial charge in [0.15, 0.2) is 5.96 Å². The van der Waals surface area contributed by atoms with Crippen LogP contribution >= 0.6 is 35.6 Å². The third-order valence-corrected chi connectivity index (χ3v) is 5.04. The van der Waals surface area contributed by atoms with E-state index in [0.717, 1.165) is 44.4 Å². The molecule has 1 unspecified atom stereocenters. The molecule has 1 saturated heterocycles. The average Bonchev–Trinajstić information content (AvgIpc) is 3.13. The molecule has 2 N–H and O–H groups in total. The van der Waals surface area contributed by atoms with E-state index >= 15 is 0 Å². The SMILES string of the molecule is CN=C(NCc1cccc(CN(C)C)c1)NC1CCN(c2ncccc2Cl)C1.I. The van der Waals surface area contributed by atoms with E-state index in [2.05, 4.69) is 68.8 Å². The molecule has 0 amide bonds. The number of aliphatic imine (C=N–C) groups is 1. The lowest BCUT2D eigenvalue weighted by molar-refractivity contribution is 0.402. The van der Waals surface area contributed by atoms with Gasteiger partial charge in [-0.3, -0.25) is 4.99 Å². The van der Waals surface area contributed by atoms with Crippen LogP contribution in [0.15, 0.2) is 47.6 Å². The van der Waals surface area contributed by atoms with Crippen molar-refractivity contribution in [3.8, 4) is 0 Å². The number of benzene rings is 1. The molecule has 1 fully saturated rings. The summed E-state index contributed by atoms with van der Waals surface area (Å²) in [6.45, 7) is 3.46. The van der Waals surface area contributed by atoms with Crippen molar-refractivity contribution in [2.24, 2.45) is 4.99 Å². The minimum Gasteiger partial charge on any atom is -0.353 e. The van der Waals surface area contributed by atoms with Crippen LogP contribution in [0.5, 0.6) is 0 Å². The number of hydrogen-bond acceptors (Lipinski definition) is 4. The predicted molar refractivity (Wildman–Crippen MR) is 132 cm³/mol. The van der Waals surface area contributed by atoms with Crippen molar-refractivity contribution < 1.29 is 0 Å². The number of pyridine rings is 1. The largest absolute Gasteiger partial charge is 0.353 e. The second kappa shape index (κ2) is 11.6. The van der Waals surface area contributed by atoms with Gasteiger partial charge >= 0.3 is 0 Å². The van der Waals surface area contributed by atoms with E-state index in [0.29, 0.717) is 11.1 Å². The second-order valence-corrected chi connectivity index (χ2v) is 7.78. The first-order valence-electron chi connectivity index (χ1n) is 9.60. The highest BCUT2D eigenvalue weighted by atomic mass is 127. The van der Waals surface area contributed by atoms with Gasteiger partial charge in [0.25, 0.3) is 0 Å². The molecule has 2 aromatic rings. The minimum absolute atomic E-state index is 0. The minimum atomic E-state index is 0. The van der Waals surface area contributed by atoms with Crippen LogP contribution in [0.4, 0.5) is 5.82 Å². The van der Waals surface area contributed by atoms with E-state index in [1.165, 1.54) is 11.1 Å². The molecular formula is C21H30ClIN6. The molecule has 6 nitrogen and oxygen atoms in total. The number of aromatic nitrogens is 1. The number of guanidine groups is 1. The summed E-state index contributed by atoms with van der Waals surface area (Å²) in [6, 6.07) is 12.7. The molecule has 1 aromatic carbocycles. The summed E-state index contributed by atoms with van der Waals surface area (Å²) >= 11 is 6.28. The Labute approximate surface area is 195 Å². The molecule has 0 saturated carbocycles. The maximum atomic E-state index is 6.28. The van der Waals surface area contributed by atoms with Gasteiger partial charge in [-0.2, -0.15) is 0 Å². The zero-order valence-corrected chi connectivity index (χ0v) is 20.3. The third kappa shape index (κ3) is 7.01. The van der Waals surface area contributed by atoms with Crippen LogP contribution in [0.1, 0.15) is 17.5 Å². The normalized spacial score (nSPS) is 16.7. The summed E-state index contributed by atoms with van der Waals surface area (Å²) in [4.78, 5) is 13.2. The summed E-state index contributed by atoms with van der Waals surface area (Å²) in [5.74, 6) is 1.67. The molecule has 2 heterocycles. The molecule has 1 atom stereocenters. The van der Waals surface area contributed by atoms with E-state index in [9.17, 15) is 0 Å². The molecule has 3 rings (SSSR count). The number of nitrogens with one attached hydrogen (secondary N) is 2. The average molecular weight is 529 g/mol. The first-order chi connectivity index (χ1) is 13.5. The summed E-state index contributed by atoms with van der Waals surface area (Å²) in [5, 5.41) is 7.64. The van der Waals surface area contributed by atoms with Gasteiger partial charge in [0, 0.05) is 45.5 Å². The Hall–Kier alpha value is -1.58. The summed E-state index contributed by atoms with van der Waals surface area (Å²) < 4.78 is 0. The van der Waals surface area contributed by atoms with Crippen LogP contribution in [0.2, 0.25) is 5.02 Å². The molecule has 0 radical (unpaired) electrons. The van der Waals surface area contributed by atoms with Crippen molar-refractivity contribution in [1.82, 2.24) is 20.5 Å². The Bertz CT molecular complexity index is 813. The van der Waals surface area contributed by atoms with E-state index < -0.39 is 0 Å². The summed E-state index contributed by atoms with van der Waals surface area (Å²) in [7, 11) is 5.97. The molecule has 1 aromatic heterocycles. The van der Waals surface area contributed by atoms with Crippen LogP contribution in [0, 0.1) is 0 Å². The number of rotatable bonds is 6. The standard InChI is InChI=1S/C21H29ClN6.HI/c1-23-21(25-13-16-6-4-7-17(12-16)14-27(2)3)26-18-9-11-28(15-18)20-19(22)8-5-10-24-20;/h4-8,10,12,18H,9,11,13-15H2,1-3H3,(H2,23,25,26);1H. The highest BCUT2D eigenvalue weighted by molar-refractivity contribution is 14.0. The Balaban J connectivity index is 0.00000300. The number of anilines is 1. The van der Waals surface area contributed by atoms with Gasteiger partial charge in [-0.05, 0) is 43.8 Å². The van der Waals surface area contributed by atoms with Crippen molar-refractivity contribution in [3.05, 3.63) is 58.7 Å². The summed E-state index contributed by atoms with van der Waals surface area (Å²) in [6.07, 6.45) is 2.80. The van der Waals surface area contributed by atoms with Crippen LogP contribution < -0.4 is 15.5 Å². The van der Waals surface area contributed by atoms with Gasteiger partial charge in [-0.25, -0.2) is 4.98 Å². The smallest absolute Gasteiger partial charge is 0.191 e. The maximum Gasteiger partial charge on any atom is 0.191 e. The monoisotopic (exact) mass is 528 g/mol. The lowest BCUT2D eigenvalue weighted by atomic mass is 10.1. The summed E-state index contributed by atoms with van der Waals surface area (Å²) in [5.41, 5.74) is 2.56. The van der Waals surface area contributed by atoms with Crippen LogP contribution in [-0.2, 0) is 13.1 Å². The van der Waals surface area contributed by atoms with Gasteiger partial charge in [0.05, 0.1) is 5.02 Å². The van der Waals surface area contributed by atoms with E-state index in [1.54, 1.807) is 13.2 Å². The fourth-order valence-corrected chi connectivity index (χ4v) is 3.70. The van der Waals surface area contributed by atoms with E-state index in [4.69, 9.17) is 11.6 Å². The molecule has 29 heavy (non-hydrogen) atoms. The Morgan fingerprint density at radius 1 is 1.28 bits per heavy atom. The molecule has 1 aliphatic heterocycles. The van der Waals surface area contributed by atoms with Crippen LogP contribution in [0.25, 0.3) is 0 Å². The van der Waals surface area contributed by atoms with E-state index in [-0.39, 0.29) is 24.0 Å². The number of halogens is 2. The second-order valence-electron chi connectivity index (χ2n) is 7.37. The van der Waals surface area contributed by atoms with Crippen molar-refractivity contribution in [2.45, 2.75) is 25.6 Å². The highest BCUT2D eigenvalue weighted by Gasteiger charge is 2.25. The first kappa shape index (κ1) is 23.7. The fourth-order valence-electron chi connectivity index (χ4n) is 3.46. The lowest BCUT2D eigenvalue weighted by Crippen LogP contribution is -2.44. The van der Waals surface area contributed by atoms with Crippen molar-refractivity contribution in [2.75, 3.05) is 39.1 Å².